The predicted molar refractivity (Wildman–Crippen MR) is 104 cm³/mol. The number of rotatable bonds is 1. The lowest BCUT2D eigenvalue weighted by Crippen LogP contribution is -2.50. The lowest BCUT2D eigenvalue weighted by molar-refractivity contribution is 0.00994. The Morgan fingerprint density at radius 1 is 1.08 bits per heavy atom. The van der Waals surface area contributed by atoms with E-state index in [9.17, 15) is 4.79 Å². The third kappa shape index (κ3) is 3.87. The van der Waals surface area contributed by atoms with Crippen molar-refractivity contribution in [2.24, 2.45) is 0 Å². The number of fused-ring (bicyclic) bond motifs is 1. The SMILES string of the molecule is CC(C)(C)OC(=O)N1CCC(c2ccc3ccccc3c2)=CC1(C)C. The van der Waals surface area contributed by atoms with E-state index in [4.69, 9.17) is 4.74 Å². The second-order valence-corrected chi connectivity index (χ2v) is 8.27. The Balaban J connectivity index is 1.88. The summed E-state index contributed by atoms with van der Waals surface area (Å²) in [7, 11) is 0. The highest BCUT2D eigenvalue weighted by atomic mass is 16.6. The van der Waals surface area contributed by atoms with Crippen LogP contribution in [0.15, 0.2) is 48.5 Å². The van der Waals surface area contributed by atoms with E-state index in [0.29, 0.717) is 6.54 Å². The highest BCUT2D eigenvalue weighted by molar-refractivity contribution is 5.87. The molecule has 3 nitrogen and oxygen atoms in total. The molecule has 0 bridgehead atoms. The van der Waals surface area contributed by atoms with Crippen molar-refractivity contribution in [3.63, 3.8) is 0 Å². The largest absolute Gasteiger partial charge is 0.444 e. The van der Waals surface area contributed by atoms with Gasteiger partial charge in [-0.15, -0.1) is 0 Å². The van der Waals surface area contributed by atoms with E-state index >= 15 is 0 Å². The normalized spacial score (nSPS) is 17.3. The molecule has 0 saturated carbocycles. The maximum absolute atomic E-state index is 12.5. The average molecular weight is 337 g/mol. The molecular weight excluding hydrogens is 310 g/mol. The Morgan fingerprint density at radius 2 is 1.76 bits per heavy atom. The molecule has 0 saturated heterocycles. The van der Waals surface area contributed by atoms with Gasteiger partial charge in [0.2, 0.25) is 0 Å². The number of carbonyl (C=O) groups is 1. The van der Waals surface area contributed by atoms with Crippen molar-refractivity contribution < 1.29 is 9.53 Å². The van der Waals surface area contributed by atoms with E-state index in [1.807, 2.05) is 25.7 Å². The highest BCUT2D eigenvalue weighted by Gasteiger charge is 2.35. The van der Waals surface area contributed by atoms with Crippen LogP contribution in [0, 0.1) is 0 Å². The fraction of sp³-hybridized carbons (Fsp3) is 0.409. The Bertz CT molecular complexity index is 827. The lowest BCUT2D eigenvalue weighted by Gasteiger charge is -2.41. The number of ether oxygens (including phenoxy) is 1. The van der Waals surface area contributed by atoms with Gasteiger partial charge in [0.05, 0.1) is 5.54 Å². The van der Waals surface area contributed by atoms with E-state index in [-0.39, 0.29) is 11.6 Å². The molecule has 0 aromatic heterocycles. The van der Waals surface area contributed by atoms with Gasteiger partial charge in [0.25, 0.3) is 0 Å². The molecule has 2 aromatic carbocycles. The van der Waals surface area contributed by atoms with Gasteiger partial charge in [-0.05, 0) is 69.0 Å². The molecule has 3 rings (SSSR count). The fourth-order valence-electron chi connectivity index (χ4n) is 3.36. The van der Waals surface area contributed by atoms with Crippen molar-refractivity contribution in [3.8, 4) is 0 Å². The molecule has 1 amide bonds. The summed E-state index contributed by atoms with van der Waals surface area (Å²) < 4.78 is 5.57. The third-order valence-electron chi connectivity index (χ3n) is 4.56. The third-order valence-corrected chi connectivity index (χ3v) is 4.56. The van der Waals surface area contributed by atoms with Crippen LogP contribution in [0.4, 0.5) is 4.79 Å². The molecule has 0 N–H and O–H groups in total. The summed E-state index contributed by atoms with van der Waals surface area (Å²) in [6, 6.07) is 15.0. The van der Waals surface area contributed by atoms with Crippen LogP contribution in [0.1, 0.15) is 46.6 Å². The molecule has 2 aromatic rings. The predicted octanol–water partition coefficient (Wildman–Crippen LogP) is 5.64. The molecule has 1 heterocycles. The maximum atomic E-state index is 12.5. The first-order valence-corrected chi connectivity index (χ1v) is 8.87. The molecule has 25 heavy (non-hydrogen) atoms. The molecule has 1 aliphatic heterocycles. The maximum Gasteiger partial charge on any atom is 0.410 e. The van der Waals surface area contributed by atoms with Gasteiger partial charge in [-0.1, -0.05) is 42.5 Å². The Hall–Kier alpha value is -2.29. The van der Waals surface area contributed by atoms with E-state index in [0.717, 1.165) is 6.42 Å². The molecule has 0 fully saturated rings. The minimum atomic E-state index is -0.477. The average Bonchev–Trinajstić information content (AvgIpc) is 2.51. The summed E-state index contributed by atoms with van der Waals surface area (Å²) in [5.41, 5.74) is 1.67. The van der Waals surface area contributed by atoms with Crippen LogP contribution >= 0.6 is 0 Å². The fourth-order valence-corrected chi connectivity index (χ4v) is 3.36. The van der Waals surface area contributed by atoms with Crippen LogP contribution < -0.4 is 0 Å². The Kier molecular flexibility index (Phi) is 4.36. The first kappa shape index (κ1) is 17.5. The molecule has 0 unspecified atom stereocenters. The van der Waals surface area contributed by atoms with Gasteiger partial charge >= 0.3 is 6.09 Å². The lowest BCUT2D eigenvalue weighted by atomic mass is 9.88. The van der Waals surface area contributed by atoms with E-state index in [1.165, 1.54) is 21.9 Å². The van der Waals surface area contributed by atoms with Crippen LogP contribution in [0.2, 0.25) is 0 Å². The monoisotopic (exact) mass is 337 g/mol. The van der Waals surface area contributed by atoms with Crippen LogP contribution in [0.3, 0.4) is 0 Å². The molecule has 0 aliphatic carbocycles. The zero-order chi connectivity index (χ0) is 18.2. The number of nitrogens with zero attached hydrogens (tertiary/aromatic N) is 1. The summed E-state index contributed by atoms with van der Waals surface area (Å²) >= 11 is 0. The first-order chi connectivity index (χ1) is 11.7. The van der Waals surface area contributed by atoms with Gasteiger partial charge in [0, 0.05) is 6.54 Å². The van der Waals surface area contributed by atoms with Crippen LogP contribution in [-0.2, 0) is 4.74 Å². The topological polar surface area (TPSA) is 29.5 Å². The van der Waals surface area contributed by atoms with Crippen LogP contribution in [0.5, 0.6) is 0 Å². The standard InChI is InChI=1S/C22H27NO2/c1-21(2,3)25-20(24)23-13-12-19(15-22(23,4)5)18-11-10-16-8-6-7-9-17(16)14-18/h6-11,14-15H,12-13H2,1-5H3. The number of amides is 1. The van der Waals surface area contributed by atoms with Gasteiger partial charge in [0.1, 0.15) is 5.60 Å². The number of hydrogen-bond donors (Lipinski definition) is 0. The number of benzene rings is 2. The zero-order valence-electron chi connectivity index (χ0n) is 15.8. The van der Waals surface area contributed by atoms with Gasteiger partial charge in [-0.3, -0.25) is 4.90 Å². The van der Waals surface area contributed by atoms with Crippen LogP contribution in [0.25, 0.3) is 16.3 Å². The summed E-state index contributed by atoms with van der Waals surface area (Å²) in [5.74, 6) is 0. The van der Waals surface area contributed by atoms with Crippen molar-refractivity contribution in [2.75, 3.05) is 6.54 Å². The molecular formula is C22H27NO2. The van der Waals surface area contributed by atoms with E-state index in [2.05, 4.69) is 62.4 Å². The van der Waals surface area contributed by atoms with Crippen molar-refractivity contribution in [1.29, 1.82) is 0 Å². The second kappa shape index (κ2) is 6.21. The second-order valence-electron chi connectivity index (χ2n) is 8.27. The van der Waals surface area contributed by atoms with Crippen molar-refractivity contribution in [3.05, 3.63) is 54.1 Å². The number of carbonyl (C=O) groups excluding carboxylic acids is 1. The Morgan fingerprint density at radius 3 is 2.40 bits per heavy atom. The van der Waals surface area contributed by atoms with Gasteiger partial charge in [-0.25, -0.2) is 4.79 Å². The minimum absolute atomic E-state index is 0.244. The highest BCUT2D eigenvalue weighted by Crippen LogP contribution is 2.33. The van der Waals surface area contributed by atoms with Crippen molar-refractivity contribution in [1.82, 2.24) is 4.90 Å². The van der Waals surface area contributed by atoms with Crippen molar-refractivity contribution >= 4 is 22.4 Å². The Labute approximate surface area is 150 Å². The molecule has 0 atom stereocenters. The summed E-state index contributed by atoms with van der Waals surface area (Å²) in [6.07, 6.45) is 2.79. The minimum Gasteiger partial charge on any atom is -0.444 e. The molecule has 132 valence electrons. The number of hydrogen-bond acceptors (Lipinski definition) is 2. The first-order valence-electron chi connectivity index (χ1n) is 8.87. The molecule has 1 aliphatic rings. The molecule has 0 radical (unpaired) electrons. The summed E-state index contributed by atoms with van der Waals surface area (Å²) in [6.45, 7) is 10.5. The van der Waals surface area contributed by atoms with Gasteiger partial charge in [-0.2, -0.15) is 0 Å². The van der Waals surface area contributed by atoms with Gasteiger partial charge in [0.15, 0.2) is 0 Å². The van der Waals surface area contributed by atoms with E-state index < -0.39 is 5.60 Å². The van der Waals surface area contributed by atoms with E-state index in [1.54, 1.807) is 0 Å². The van der Waals surface area contributed by atoms with Gasteiger partial charge < -0.3 is 4.74 Å². The molecule has 0 spiro atoms. The zero-order valence-corrected chi connectivity index (χ0v) is 15.8. The quantitative estimate of drug-likeness (QED) is 0.673. The summed E-state index contributed by atoms with van der Waals surface area (Å²) in [4.78, 5) is 14.3. The van der Waals surface area contributed by atoms with Crippen molar-refractivity contribution in [2.45, 2.75) is 52.2 Å². The smallest absolute Gasteiger partial charge is 0.410 e. The van der Waals surface area contributed by atoms with Crippen LogP contribution in [-0.4, -0.2) is 28.7 Å². The summed E-state index contributed by atoms with van der Waals surface area (Å²) in [5, 5.41) is 2.49. The molecule has 3 heteroatoms.